The number of nitrogens with one attached hydrogen (secondary N) is 2. The average molecular weight is 535 g/mol. The van der Waals surface area contributed by atoms with E-state index in [1.54, 1.807) is 30.9 Å². The van der Waals surface area contributed by atoms with Gasteiger partial charge >= 0.3 is 12.1 Å². The van der Waals surface area contributed by atoms with Crippen molar-refractivity contribution < 1.29 is 28.7 Å². The molecule has 4 unspecified atom stereocenters. The van der Waals surface area contributed by atoms with Crippen LogP contribution in [0.3, 0.4) is 0 Å². The van der Waals surface area contributed by atoms with Crippen LogP contribution in [0.4, 0.5) is 9.59 Å². The maximum absolute atomic E-state index is 13.2. The Hall–Kier alpha value is -3.03. The van der Waals surface area contributed by atoms with Crippen LogP contribution in [0, 0.1) is 5.92 Å². The second-order valence-electron chi connectivity index (χ2n) is 9.10. The van der Waals surface area contributed by atoms with E-state index in [0.717, 1.165) is 16.2 Å². The number of hydrogen-bond donors (Lipinski definition) is 2. The van der Waals surface area contributed by atoms with Crippen LogP contribution in [0.2, 0.25) is 0 Å². The highest BCUT2D eigenvalue weighted by molar-refractivity contribution is 8.00. The first-order valence-corrected chi connectivity index (χ1v) is 13.3. The van der Waals surface area contributed by atoms with Gasteiger partial charge in [-0.1, -0.05) is 12.1 Å². The van der Waals surface area contributed by atoms with Crippen molar-refractivity contribution in [3.05, 3.63) is 29.8 Å². The summed E-state index contributed by atoms with van der Waals surface area (Å²) in [6.07, 6.45) is -1.25. The molecule has 12 nitrogen and oxygen atoms in total. The van der Waals surface area contributed by atoms with Gasteiger partial charge in [-0.05, 0) is 24.6 Å². The topological polar surface area (TPSA) is 124 Å². The van der Waals surface area contributed by atoms with E-state index in [1.165, 1.54) is 23.7 Å². The van der Waals surface area contributed by atoms with Crippen molar-refractivity contribution in [3.63, 3.8) is 0 Å². The first kappa shape index (κ1) is 27.0. The second-order valence-corrected chi connectivity index (χ2v) is 10.2. The highest BCUT2D eigenvalue weighted by atomic mass is 32.2. The van der Waals surface area contributed by atoms with Gasteiger partial charge in [0.25, 0.3) is 0 Å². The number of hydrogen-bond acceptors (Lipinski definition) is 9. The number of amides is 5. The minimum absolute atomic E-state index is 0.0626. The molecule has 3 fully saturated rings. The molecule has 0 saturated carbocycles. The van der Waals surface area contributed by atoms with Crippen LogP contribution >= 0.6 is 11.8 Å². The molecule has 0 radical (unpaired) electrons. The molecule has 3 heterocycles. The van der Waals surface area contributed by atoms with E-state index >= 15 is 0 Å². The van der Waals surface area contributed by atoms with Crippen LogP contribution in [0.1, 0.15) is 18.7 Å². The first-order chi connectivity index (χ1) is 17.7. The number of urea groups is 1. The van der Waals surface area contributed by atoms with Crippen molar-refractivity contribution in [1.29, 1.82) is 0 Å². The zero-order valence-corrected chi connectivity index (χ0v) is 22.3. The Morgan fingerprint density at radius 3 is 2.30 bits per heavy atom. The summed E-state index contributed by atoms with van der Waals surface area (Å²) < 4.78 is 10.3. The quantitative estimate of drug-likeness (QED) is 0.543. The van der Waals surface area contributed by atoms with Gasteiger partial charge < -0.3 is 24.2 Å². The lowest BCUT2D eigenvalue weighted by Gasteiger charge is -2.50. The Morgan fingerprint density at radius 1 is 1.03 bits per heavy atom. The average Bonchev–Trinajstić information content (AvgIpc) is 2.93. The fraction of sp³-hybridized carbons (Fsp3) is 0.583. The van der Waals surface area contributed by atoms with Crippen molar-refractivity contribution in [2.24, 2.45) is 5.92 Å². The maximum Gasteiger partial charge on any atom is 0.409 e. The van der Waals surface area contributed by atoms with Crippen molar-refractivity contribution in [1.82, 2.24) is 30.2 Å². The number of carbonyl (C=O) groups excluding carboxylic acids is 4. The molecular formula is C24H34N6O6S. The largest absolute Gasteiger partial charge is 0.497 e. The Kier molecular flexibility index (Phi) is 8.45. The third-order valence-electron chi connectivity index (χ3n) is 6.95. The summed E-state index contributed by atoms with van der Waals surface area (Å²) in [5.74, 6) is -0.0641. The molecule has 1 aromatic carbocycles. The molecule has 37 heavy (non-hydrogen) atoms. The third kappa shape index (κ3) is 5.63. The maximum atomic E-state index is 13.2. The SMILES string of the molecule is CCOC(=O)N1CCN(C(=O)CSC2NC(c3ccc(OC)cc3)NC3C2C(=O)N(C)C(=O)N3C)CC1. The molecule has 1 aromatic rings. The van der Waals surface area contributed by atoms with Crippen molar-refractivity contribution in [3.8, 4) is 5.75 Å². The number of fused-ring (bicyclic) bond motifs is 1. The molecule has 0 aliphatic carbocycles. The van der Waals surface area contributed by atoms with E-state index in [4.69, 9.17) is 9.47 Å². The van der Waals surface area contributed by atoms with Crippen LogP contribution in [0.5, 0.6) is 5.75 Å². The second kappa shape index (κ2) is 11.6. The van der Waals surface area contributed by atoms with Gasteiger partial charge in [0.15, 0.2) is 0 Å². The number of methoxy groups -OCH3 is 1. The van der Waals surface area contributed by atoms with E-state index in [9.17, 15) is 19.2 Å². The van der Waals surface area contributed by atoms with E-state index < -0.39 is 17.5 Å². The van der Waals surface area contributed by atoms with E-state index in [2.05, 4.69) is 10.6 Å². The number of carbonyl (C=O) groups is 4. The summed E-state index contributed by atoms with van der Waals surface area (Å²) in [6.45, 7) is 3.76. The van der Waals surface area contributed by atoms with Gasteiger partial charge in [0, 0.05) is 40.3 Å². The van der Waals surface area contributed by atoms with Crippen LogP contribution < -0.4 is 15.4 Å². The third-order valence-corrected chi connectivity index (χ3v) is 8.15. The van der Waals surface area contributed by atoms with Gasteiger partial charge in [-0.15, -0.1) is 11.8 Å². The highest BCUT2D eigenvalue weighted by Gasteiger charge is 2.51. The summed E-state index contributed by atoms with van der Waals surface area (Å²) in [5.41, 5.74) is 0.915. The monoisotopic (exact) mass is 534 g/mol. The van der Waals surface area contributed by atoms with Gasteiger partial charge in [0.2, 0.25) is 11.8 Å². The molecule has 4 rings (SSSR count). The Morgan fingerprint density at radius 2 is 1.68 bits per heavy atom. The molecule has 3 aliphatic rings. The minimum Gasteiger partial charge on any atom is -0.497 e. The molecule has 0 bridgehead atoms. The van der Waals surface area contributed by atoms with Crippen LogP contribution in [0.15, 0.2) is 24.3 Å². The number of ether oxygens (including phenoxy) is 2. The summed E-state index contributed by atoms with van der Waals surface area (Å²) >= 11 is 1.36. The highest BCUT2D eigenvalue weighted by Crippen LogP contribution is 2.34. The smallest absolute Gasteiger partial charge is 0.409 e. The van der Waals surface area contributed by atoms with Gasteiger partial charge in [0.1, 0.15) is 5.75 Å². The fourth-order valence-corrected chi connectivity index (χ4v) is 6.00. The Labute approximate surface area is 220 Å². The molecular weight excluding hydrogens is 500 g/mol. The molecule has 0 spiro atoms. The molecule has 2 N–H and O–H groups in total. The predicted molar refractivity (Wildman–Crippen MR) is 137 cm³/mol. The Bertz CT molecular complexity index is 1020. The summed E-state index contributed by atoms with van der Waals surface area (Å²) in [6, 6.07) is 7.15. The Balaban J connectivity index is 1.45. The molecule has 0 aromatic heterocycles. The molecule has 5 amide bonds. The number of nitrogens with zero attached hydrogens (tertiary/aromatic N) is 4. The zero-order chi connectivity index (χ0) is 26.7. The lowest BCUT2D eigenvalue weighted by molar-refractivity contribution is -0.140. The summed E-state index contributed by atoms with van der Waals surface area (Å²) in [5, 5.41) is 6.44. The first-order valence-electron chi connectivity index (χ1n) is 12.3. The number of thioether (sulfide) groups is 1. The van der Waals surface area contributed by atoms with Crippen molar-refractivity contribution >= 4 is 35.7 Å². The predicted octanol–water partition coefficient (Wildman–Crippen LogP) is 0.713. The van der Waals surface area contributed by atoms with Crippen molar-refractivity contribution in [2.75, 3.05) is 59.7 Å². The number of piperazine rings is 1. The number of rotatable bonds is 6. The van der Waals surface area contributed by atoms with Crippen LogP contribution in [-0.2, 0) is 14.3 Å². The van der Waals surface area contributed by atoms with Crippen LogP contribution in [-0.4, -0.2) is 115 Å². The molecule has 3 aliphatic heterocycles. The molecule has 4 atom stereocenters. The summed E-state index contributed by atoms with van der Waals surface area (Å²) in [4.78, 5) is 56.8. The van der Waals surface area contributed by atoms with Gasteiger partial charge in [0.05, 0.1) is 43.1 Å². The van der Waals surface area contributed by atoms with Gasteiger partial charge in [-0.3, -0.25) is 25.1 Å². The number of imide groups is 1. The van der Waals surface area contributed by atoms with Crippen molar-refractivity contribution in [2.45, 2.75) is 24.6 Å². The standard InChI is InChI=1S/C24H34N6O6S/c1-5-36-24(34)30-12-10-29(11-13-30)17(31)14-37-21-18-20(27(2)23(33)28(3)22(18)32)25-19(26-21)15-6-8-16(35-4)9-7-15/h6-9,18-21,25-26H,5,10-14H2,1-4H3. The lowest BCUT2D eigenvalue weighted by Crippen LogP contribution is -2.72. The van der Waals surface area contributed by atoms with E-state index in [0.29, 0.717) is 32.8 Å². The van der Waals surface area contributed by atoms with Crippen LogP contribution in [0.25, 0.3) is 0 Å². The fourth-order valence-electron chi connectivity index (χ4n) is 4.79. The number of benzene rings is 1. The normalized spacial score (nSPS) is 26.2. The van der Waals surface area contributed by atoms with E-state index in [1.807, 2.05) is 24.3 Å². The minimum atomic E-state index is -0.583. The van der Waals surface area contributed by atoms with Gasteiger partial charge in [-0.2, -0.15) is 0 Å². The molecule has 13 heteroatoms. The zero-order valence-electron chi connectivity index (χ0n) is 21.5. The van der Waals surface area contributed by atoms with E-state index in [-0.39, 0.29) is 35.9 Å². The molecule has 3 saturated heterocycles. The summed E-state index contributed by atoms with van der Waals surface area (Å²) in [7, 11) is 4.74. The molecule has 202 valence electrons. The van der Waals surface area contributed by atoms with Gasteiger partial charge in [-0.25, -0.2) is 9.59 Å². The lowest BCUT2D eigenvalue weighted by atomic mass is 9.96.